The third kappa shape index (κ3) is 2.22. The molecular formula is C11H16N6. The number of pyridine rings is 1. The molecule has 2 aromatic rings. The molecule has 0 spiro atoms. The van der Waals surface area contributed by atoms with Gasteiger partial charge in [-0.15, -0.1) is 5.10 Å². The Morgan fingerprint density at radius 2 is 2.18 bits per heavy atom. The molecule has 1 saturated heterocycles. The first-order valence-corrected chi connectivity index (χ1v) is 5.85. The number of nitrogens with zero attached hydrogens (tertiary/aromatic N) is 4. The Labute approximate surface area is 99.4 Å². The SMILES string of the molecule is Nc1ccn2nc(CN3CCNCC3)nc2c1. The molecule has 0 saturated carbocycles. The molecule has 0 unspecified atom stereocenters. The largest absolute Gasteiger partial charge is 0.399 e. The summed E-state index contributed by atoms with van der Waals surface area (Å²) in [5, 5.41) is 7.77. The number of piperazine rings is 1. The van der Waals surface area contributed by atoms with Crippen LogP contribution in [0, 0.1) is 0 Å². The molecule has 0 atom stereocenters. The molecule has 3 heterocycles. The summed E-state index contributed by atoms with van der Waals surface area (Å²) in [6.07, 6.45) is 1.85. The lowest BCUT2D eigenvalue weighted by molar-refractivity contribution is 0.228. The highest BCUT2D eigenvalue weighted by Gasteiger charge is 2.12. The van der Waals surface area contributed by atoms with E-state index in [2.05, 4.69) is 20.3 Å². The Balaban J connectivity index is 1.80. The molecule has 6 nitrogen and oxygen atoms in total. The average molecular weight is 232 g/mol. The number of nitrogens with two attached hydrogens (primary N) is 1. The van der Waals surface area contributed by atoms with Crippen LogP contribution < -0.4 is 11.1 Å². The zero-order chi connectivity index (χ0) is 11.7. The predicted octanol–water partition coefficient (Wildman–Crippen LogP) is -0.283. The molecule has 6 heteroatoms. The number of aromatic nitrogens is 3. The van der Waals surface area contributed by atoms with Gasteiger partial charge in [-0.1, -0.05) is 0 Å². The zero-order valence-corrected chi connectivity index (χ0v) is 9.63. The minimum absolute atomic E-state index is 0.721. The summed E-state index contributed by atoms with van der Waals surface area (Å²) in [5.41, 5.74) is 7.25. The third-order valence-electron chi connectivity index (χ3n) is 2.98. The summed E-state index contributed by atoms with van der Waals surface area (Å²) < 4.78 is 1.77. The fourth-order valence-corrected chi connectivity index (χ4v) is 2.08. The van der Waals surface area contributed by atoms with Crippen LogP contribution in [0.25, 0.3) is 5.65 Å². The molecule has 3 rings (SSSR count). The van der Waals surface area contributed by atoms with Gasteiger partial charge in [0.1, 0.15) is 0 Å². The number of nitrogen functional groups attached to an aromatic ring is 1. The van der Waals surface area contributed by atoms with Crippen LogP contribution >= 0.6 is 0 Å². The third-order valence-corrected chi connectivity index (χ3v) is 2.98. The molecular weight excluding hydrogens is 216 g/mol. The molecule has 1 aliphatic rings. The predicted molar refractivity (Wildman–Crippen MR) is 65.5 cm³/mol. The highest BCUT2D eigenvalue weighted by Crippen LogP contribution is 2.08. The van der Waals surface area contributed by atoms with Gasteiger partial charge in [0.05, 0.1) is 6.54 Å². The van der Waals surface area contributed by atoms with Gasteiger partial charge in [-0.3, -0.25) is 4.90 Å². The average Bonchev–Trinajstić information content (AvgIpc) is 2.71. The van der Waals surface area contributed by atoms with E-state index >= 15 is 0 Å². The van der Waals surface area contributed by atoms with Gasteiger partial charge in [-0.2, -0.15) is 0 Å². The molecule has 17 heavy (non-hydrogen) atoms. The van der Waals surface area contributed by atoms with E-state index < -0.39 is 0 Å². The first-order valence-electron chi connectivity index (χ1n) is 5.85. The summed E-state index contributed by atoms with van der Waals surface area (Å²) in [6.45, 7) is 5.00. The lowest BCUT2D eigenvalue weighted by atomic mass is 10.3. The van der Waals surface area contributed by atoms with Crippen molar-refractivity contribution in [1.29, 1.82) is 0 Å². The normalized spacial score (nSPS) is 17.6. The molecule has 0 aromatic carbocycles. The highest BCUT2D eigenvalue weighted by molar-refractivity contribution is 5.50. The van der Waals surface area contributed by atoms with Gasteiger partial charge in [-0.05, 0) is 6.07 Å². The molecule has 0 aliphatic carbocycles. The quantitative estimate of drug-likeness (QED) is 0.745. The summed E-state index contributed by atoms with van der Waals surface area (Å²) in [4.78, 5) is 6.83. The van der Waals surface area contributed by atoms with Crippen molar-refractivity contribution in [2.75, 3.05) is 31.9 Å². The van der Waals surface area contributed by atoms with Crippen LogP contribution in [0.2, 0.25) is 0 Å². The lowest BCUT2D eigenvalue weighted by Crippen LogP contribution is -2.43. The smallest absolute Gasteiger partial charge is 0.165 e. The number of anilines is 1. The second-order valence-electron chi connectivity index (χ2n) is 4.32. The topological polar surface area (TPSA) is 71.5 Å². The van der Waals surface area contributed by atoms with E-state index in [1.807, 2.05) is 18.3 Å². The van der Waals surface area contributed by atoms with Crippen LogP contribution in [-0.4, -0.2) is 45.7 Å². The van der Waals surface area contributed by atoms with Gasteiger partial charge in [0.15, 0.2) is 11.5 Å². The Morgan fingerprint density at radius 1 is 1.35 bits per heavy atom. The standard InChI is InChI=1S/C11H16N6/c12-9-1-4-17-11(7-9)14-10(15-17)8-16-5-2-13-3-6-16/h1,4,7,13H,2-3,5-6,8,12H2. The van der Waals surface area contributed by atoms with E-state index in [9.17, 15) is 0 Å². The maximum absolute atomic E-state index is 5.72. The van der Waals surface area contributed by atoms with Crippen molar-refractivity contribution in [3.8, 4) is 0 Å². The van der Waals surface area contributed by atoms with Crippen molar-refractivity contribution in [3.05, 3.63) is 24.2 Å². The van der Waals surface area contributed by atoms with Gasteiger partial charge in [0.25, 0.3) is 0 Å². The Hall–Kier alpha value is -1.66. The maximum atomic E-state index is 5.72. The number of fused-ring (bicyclic) bond motifs is 1. The molecule has 1 fully saturated rings. The molecule has 0 amide bonds. The van der Waals surface area contributed by atoms with Crippen molar-refractivity contribution >= 4 is 11.3 Å². The van der Waals surface area contributed by atoms with Crippen molar-refractivity contribution in [3.63, 3.8) is 0 Å². The summed E-state index contributed by atoms with van der Waals surface area (Å²) in [5.74, 6) is 0.859. The van der Waals surface area contributed by atoms with Crippen LogP contribution in [-0.2, 0) is 6.54 Å². The Bertz CT molecular complexity index is 514. The van der Waals surface area contributed by atoms with Crippen LogP contribution in [0.15, 0.2) is 18.3 Å². The fraction of sp³-hybridized carbons (Fsp3) is 0.455. The number of hydrogen-bond acceptors (Lipinski definition) is 5. The fourth-order valence-electron chi connectivity index (χ4n) is 2.08. The van der Waals surface area contributed by atoms with Gasteiger partial charge >= 0.3 is 0 Å². The Morgan fingerprint density at radius 3 is 3.00 bits per heavy atom. The van der Waals surface area contributed by atoms with Crippen molar-refractivity contribution in [1.82, 2.24) is 24.8 Å². The van der Waals surface area contributed by atoms with Crippen LogP contribution in [0.1, 0.15) is 5.82 Å². The summed E-state index contributed by atoms with van der Waals surface area (Å²) in [6, 6.07) is 3.67. The minimum atomic E-state index is 0.721. The molecule has 3 N–H and O–H groups in total. The number of nitrogens with one attached hydrogen (secondary N) is 1. The van der Waals surface area contributed by atoms with Gasteiger partial charge in [0, 0.05) is 44.1 Å². The lowest BCUT2D eigenvalue weighted by Gasteiger charge is -2.25. The van der Waals surface area contributed by atoms with Crippen molar-refractivity contribution < 1.29 is 0 Å². The molecule has 90 valence electrons. The van der Waals surface area contributed by atoms with Gasteiger partial charge in [0.2, 0.25) is 0 Å². The zero-order valence-electron chi connectivity index (χ0n) is 9.63. The van der Waals surface area contributed by atoms with Crippen LogP contribution in [0.4, 0.5) is 5.69 Å². The summed E-state index contributed by atoms with van der Waals surface area (Å²) >= 11 is 0. The second-order valence-corrected chi connectivity index (χ2v) is 4.32. The van der Waals surface area contributed by atoms with Gasteiger partial charge < -0.3 is 11.1 Å². The van der Waals surface area contributed by atoms with E-state index in [4.69, 9.17) is 5.73 Å². The highest BCUT2D eigenvalue weighted by atomic mass is 15.3. The van der Waals surface area contributed by atoms with Crippen LogP contribution in [0.5, 0.6) is 0 Å². The second kappa shape index (κ2) is 4.31. The Kier molecular flexibility index (Phi) is 2.66. The van der Waals surface area contributed by atoms with E-state index in [1.54, 1.807) is 4.52 Å². The molecule has 0 radical (unpaired) electrons. The first kappa shape index (κ1) is 10.5. The van der Waals surface area contributed by atoms with Crippen molar-refractivity contribution in [2.45, 2.75) is 6.54 Å². The van der Waals surface area contributed by atoms with E-state index in [-0.39, 0.29) is 0 Å². The molecule has 2 aromatic heterocycles. The maximum Gasteiger partial charge on any atom is 0.165 e. The minimum Gasteiger partial charge on any atom is -0.399 e. The molecule has 0 bridgehead atoms. The first-order chi connectivity index (χ1) is 8.31. The van der Waals surface area contributed by atoms with Crippen LogP contribution in [0.3, 0.4) is 0 Å². The summed E-state index contributed by atoms with van der Waals surface area (Å²) in [7, 11) is 0. The van der Waals surface area contributed by atoms with Crippen molar-refractivity contribution in [2.24, 2.45) is 0 Å². The number of hydrogen-bond donors (Lipinski definition) is 2. The monoisotopic (exact) mass is 232 g/mol. The number of rotatable bonds is 2. The van der Waals surface area contributed by atoms with E-state index in [1.165, 1.54) is 0 Å². The molecule has 1 aliphatic heterocycles. The van der Waals surface area contributed by atoms with E-state index in [0.29, 0.717) is 0 Å². The van der Waals surface area contributed by atoms with E-state index in [0.717, 1.165) is 49.9 Å². The van der Waals surface area contributed by atoms with Gasteiger partial charge in [-0.25, -0.2) is 9.50 Å².